The van der Waals surface area contributed by atoms with Gasteiger partial charge in [-0.2, -0.15) is 0 Å². The molecule has 1 rings (SSSR count). The van der Waals surface area contributed by atoms with Gasteiger partial charge in [0.05, 0.1) is 25.4 Å². The number of unbranched alkanes of at least 4 members (excludes halogenated alkanes) is 25. The molecular formula is C54H97NO8. The summed E-state index contributed by atoms with van der Waals surface area (Å²) >= 11 is 0. The monoisotopic (exact) mass is 888 g/mol. The van der Waals surface area contributed by atoms with Gasteiger partial charge in [-0.25, -0.2) is 0 Å². The predicted octanol–water partition coefficient (Wildman–Crippen LogP) is 12.0. The van der Waals surface area contributed by atoms with Crippen molar-refractivity contribution in [3.63, 3.8) is 0 Å². The number of nitrogens with one attached hydrogen (secondary N) is 1. The van der Waals surface area contributed by atoms with Crippen molar-refractivity contribution in [1.29, 1.82) is 0 Å². The summed E-state index contributed by atoms with van der Waals surface area (Å²) in [5.74, 6) is -0.186. The molecule has 63 heavy (non-hydrogen) atoms. The highest BCUT2D eigenvalue weighted by Crippen LogP contribution is 2.23. The largest absolute Gasteiger partial charge is 0.394 e. The van der Waals surface area contributed by atoms with E-state index >= 15 is 0 Å². The molecule has 1 heterocycles. The highest BCUT2D eigenvalue weighted by molar-refractivity contribution is 5.76. The third-order valence-electron chi connectivity index (χ3n) is 12.1. The maximum absolute atomic E-state index is 13.0. The van der Waals surface area contributed by atoms with E-state index in [1.807, 2.05) is 6.08 Å². The van der Waals surface area contributed by atoms with Gasteiger partial charge < -0.3 is 40.3 Å². The number of ether oxygens (including phenoxy) is 2. The van der Waals surface area contributed by atoms with Crippen LogP contribution in [0.4, 0.5) is 0 Å². The van der Waals surface area contributed by atoms with Crippen molar-refractivity contribution in [2.24, 2.45) is 0 Å². The fraction of sp³-hybridized carbons (Fsp3) is 0.796. The fourth-order valence-corrected chi connectivity index (χ4v) is 7.97. The van der Waals surface area contributed by atoms with Crippen molar-refractivity contribution in [1.82, 2.24) is 5.32 Å². The Morgan fingerprint density at radius 1 is 0.556 bits per heavy atom. The van der Waals surface area contributed by atoms with Crippen LogP contribution in [0.25, 0.3) is 0 Å². The van der Waals surface area contributed by atoms with Crippen molar-refractivity contribution >= 4 is 5.91 Å². The summed E-state index contributed by atoms with van der Waals surface area (Å²) in [6, 6.07) is -0.812. The van der Waals surface area contributed by atoms with Crippen molar-refractivity contribution in [2.75, 3.05) is 13.2 Å². The summed E-state index contributed by atoms with van der Waals surface area (Å²) in [6.45, 7) is 3.67. The topological polar surface area (TPSA) is 149 Å². The molecule has 1 amide bonds. The molecule has 1 saturated heterocycles. The zero-order valence-corrected chi connectivity index (χ0v) is 40.3. The zero-order valence-electron chi connectivity index (χ0n) is 40.3. The van der Waals surface area contributed by atoms with Crippen LogP contribution < -0.4 is 5.32 Å². The highest BCUT2D eigenvalue weighted by atomic mass is 16.7. The summed E-state index contributed by atoms with van der Waals surface area (Å²) in [4.78, 5) is 13.0. The summed E-state index contributed by atoms with van der Waals surface area (Å²) < 4.78 is 11.2. The molecule has 366 valence electrons. The van der Waals surface area contributed by atoms with Gasteiger partial charge in [0.15, 0.2) is 6.29 Å². The first-order valence-electron chi connectivity index (χ1n) is 26.0. The lowest BCUT2D eigenvalue weighted by molar-refractivity contribution is -0.302. The molecular weight excluding hydrogens is 791 g/mol. The maximum atomic E-state index is 13.0. The van der Waals surface area contributed by atoms with Crippen LogP contribution in [0.5, 0.6) is 0 Å². The Morgan fingerprint density at radius 3 is 1.46 bits per heavy atom. The van der Waals surface area contributed by atoms with E-state index in [1.54, 1.807) is 6.08 Å². The lowest BCUT2D eigenvalue weighted by atomic mass is 9.99. The van der Waals surface area contributed by atoms with Gasteiger partial charge in [0.2, 0.25) is 5.91 Å². The van der Waals surface area contributed by atoms with Gasteiger partial charge in [-0.15, -0.1) is 0 Å². The molecule has 1 aliphatic rings. The van der Waals surface area contributed by atoms with Crippen LogP contribution in [0.15, 0.2) is 60.8 Å². The fourth-order valence-electron chi connectivity index (χ4n) is 7.97. The lowest BCUT2D eigenvalue weighted by Gasteiger charge is -2.40. The number of hydrogen-bond donors (Lipinski definition) is 6. The normalized spacial score (nSPS) is 20.7. The molecule has 1 fully saturated rings. The second-order valence-corrected chi connectivity index (χ2v) is 17.9. The predicted molar refractivity (Wildman–Crippen MR) is 262 cm³/mol. The van der Waals surface area contributed by atoms with Crippen LogP contribution in [0.3, 0.4) is 0 Å². The number of aliphatic hydroxyl groups is 5. The highest BCUT2D eigenvalue weighted by Gasteiger charge is 2.44. The van der Waals surface area contributed by atoms with Gasteiger partial charge in [0.25, 0.3) is 0 Å². The molecule has 1 aliphatic heterocycles. The summed E-state index contributed by atoms with van der Waals surface area (Å²) in [7, 11) is 0. The number of amides is 1. The van der Waals surface area contributed by atoms with E-state index in [2.05, 4.69) is 67.8 Å². The molecule has 0 aromatic heterocycles. The van der Waals surface area contributed by atoms with Crippen molar-refractivity contribution < 1.29 is 39.8 Å². The Hall–Kier alpha value is -2.11. The minimum absolute atomic E-state index is 0.186. The zero-order chi connectivity index (χ0) is 45.9. The molecule has 0 bridgehead atoms. The van der Waals surface area contributed by atoms with Gasteiger partial charge in [-0.05, 0) is 57.8 Å². The standard InChI is InChI=1S/C54H97NO8/c1-3-5-7-9-11-13-15-17-19-21-23-24-26-28-30-32-34-36-38-40-42-44-50(58)55-47(46-62-54-53(61)52(60)51(59)49(45-56)63-54)48(57)43-41-39-37-35-33-31-29-27-25-22-20-18-16-14-12-10-8-6-4-2/h5,7,11,13,17,19,23-24,41,43,47-49,51-54,56-57,59-61H,3-4,6,8-10,12,14-16,18,20-22,25-40,42,44-46H2,1-2H3,(H,55,58)/b7-5-,13-11-,19-17-,24-23-,43-41+. The van der Waals surface area contributed by atoms with E-state index in [1.165, 1.54) is 122 Å². The third-order valence-corrected chi connectivity index (χ3v) is 12.1. The molecule has 0 saturated carbocycles. The summed E-state index contributed by atoms with van der Waals surface area (Å²) in [6.07, 6.45) is 51.2. The molecule has 9 nitrogen and oxygen atoms in total. The maximum Gasteiger partial charge on any atom is 0.220 e. The first-order valence-corrected chi connectivity index (χ1v) is 26.0. The Balaban J connectivity index is 2.30. The first kappa shape index (κ1) is 58.9. The molecule has 0 aromatic rings. The van der Waals surface area contributed by atoms with Crippen LogP contribution in [0.2, 0.25) is 0 Å². The molecule has 7 unspecified atom stereocenters. The SMILES string of the molecule is CC/C=C\C/C=C\C/C=C\C/C=C\CCCCCCCCCCC(=O)NC(COC1OC(CO)C(O)C(O)C1O)C(O)/C=C/CCCCCCCCCCCCCCCCCCC. The van der Waals surface area contributed by atoms with Crippen LogP contribution in [0.1, 0.15) is 219 Å². The van der Waals surface area contributed by atoms with E-state index in [0.717, 1.165) is 77.0 Å². The number of hydrogen-bond acceptors (Lipinski definition) is 8. The van der Waals surface area contributed by atoms with E-state index in [9.17, 15) is 30.3 Å². The van der Waals surface area contributed by atoms with Gasteiger partial charge in [-0.1, -0.05) is 216 Å². The second-order valence-electron chi connectivity index (χ2n) is 17.9. The molecule has 0 radical (unpaired) electrons. The molecule has 0 aromatic carbocycles. The number of allylic oxidation sites excluding steroid dienone is 9. The Labute approximate surface area is 386 Å². The molecule has 0 spiro atoms. The third kappa shape index (κ3) is 33.9. The van der Waals surface area contributed by atoms with Gasteiger partial charge in [0.1, 0.15) is 24.4 Å². The quantitative estimate of drug-likeness (QED) is 0.0262. The Morgan fingerprint density at radius 2 is 0.984 bits per heavy atom. The average Bonchev–Trinajstić information content (AvgIpc) is 3.28. The molecule has 0 aliphatic carbocycles. The van der Waals surface area contributed by atoms with E-state index < -0.39 is 49.5 Å². The van der Waals surface area contributed by atoms with Crippen LogP contribution in [-0.4, -0.2) is 87.5 Å². The summed E-state index contributed by atoms with van der Waals surface area (Å²) in [5.41, 5.74) is 0. The number of carbonyl (C=O) groups excluding carboxylic acids is 1. The van der Waals surface area contributed by atoms with E-state index in [0.29, 0.717) is 6.42 Å². The van der Waals surface area contributed by atoms with Gasteiger partial charge in [-0.3, -0.25) is 4.79 Å². The minimum Gasteiger partial charge on any atom is -0.394 e. The molecule has 6 N–H and O–H groups in total. The minimum atomic E-state index is -1.57. The van der Waals surface area contributed by atoms with Crippen molar-refractivity contribution in [3.05, 3.63) is 60.8 Å². The van der Waals surface area contributed by atoms with Crippen LogP contribution in [-0.2, 0) is 14.3 Å². The number of aliphatic hydroxyl groups excluding tert-OH is 5. The smallest absolute Gasteiger partial charge is 0.220 e. The van der Waals surface area contributed by atoms with Crippen LogP contribution >= 0.6 is 0 Å². The number of carbonyl (C=O) groups is 1. The van der Waals surface area contributed by atoms with Crippen molar-refractivity contribution in [3.8, 4) is 0 Å². The van der Waals surface area contributed by atoms with Crippen molar-refractivity contribution in [2.45, 2.75) is 262 Å². The first-order chi connectivity index (χ1) is 30.8. The van der Waals surface area contributed by atoms with E-state index in [-0.39, 0.29) is 12.5 Å². The van der Waals surface area contributed by atoms with Crippen LogP contribution in [0, 0.1) is 0 Å². The number of rotatable bonds is 43. The van der Waals surface area contributed by atoms with Gasteiger partial charge in [0, 0.05) is 6.42 Å². The average molecular weight is 888 g/mol. The summed E-state index contributed by atoms with van der Waals surface area (Å²) in [5, 5.41) is 54.4. The van der Waals surface area contributed by atoms with Gasteiger partial charge >= 0.3 is 0 Å². The molecule has 9 heteroatoms. The van der Waals surface area contributed by atoms with E-state index in [4.69, 9.17) is 9.47 Å². The molecule has 7 atom stereocenters. The Bertz CT molecular complexity index is 1170. The Kier molecular flexibility index (Phi) is 40.9. The lowest BCUT2D eigenvalue weighted by Crippen LogP contribution is -2.60. The second kappa shape index (κ2) is 43.8.